The quantitative estimate of drug-likeness (QED) is 0.445. The van der Waals surface area contributed by atoms with E-state index in [-0.39, 0.29) is 0 Å². The minimum atomic E-state index is 0.409. The lowest BCUT2D eigenvalue weighted by molar-refractivity contribution is -0.107. The highest BCUT2D eigenvalue weighted by molar-refractivity contribution is 5.49. The molecule has 2 rings (SSSR count). The van der Waals surface area contributed by atoms with Crippen molar-refractivity contribution in [1.82, 2.24) is 9.97 Å². The Balaban J connectivity index is 1.98. The van der Waals surface area contributed by atoms with Gasteiger partial charge in [-0.15, -0.1) is 0 Å². The van der Waals surface area contributed by atoms with Gasteiger partial charge in [0.05, 0.1) is 7.11 Å². The molecule has 0 saturated heterocycles. The van der Waals surface area contributed by atoms with Crippen molar-refractivity contribution in [1.29, 1.82) is 0 Å². The molecule has 0 saturated carbocycles. The molecule has 1 aromatic heterocycles. The molecule has 5 heteroatoms. The van der Waals surface area contributed by atoms with Gasteiger partial charge in [0, 0.05) is 18.9 Å². The van der Waals surface area contributed by atoms with E-state index in [4.69, 9.17) is 9.47 Å². The summed E-state index contributed by atoms with van der Waals surface area (Å²) in [4.78, 5) is 18.8. The molecule has 0 fully saturated rings. The van der Waals surface area contributed by atoms with Crippen LogP contribution in [0.2, 0.25) is 0 Å². The first-order chi connectivity index (χ1) is 11.7. The molecular formula is C19H20N2O3. The lowest BCUT2D eigenvalue weighted by Gasteiger charge is -2.07. The minimum Gasteiger partial charge on any atom is -0.497 e. The lowest BCUT2D eigenvalue weighted by atomic mass is 10.2. The van der Waals surface area contributed by atoms with Gasteiger partial charge in [-0.3, -0.25) is 0 Å². The highest BCUT2D eigenvalue weighted by Gasteiger charge is 2.02. The van der Waals surface area contributed by atoms with Crippen molar-refractivity contribution in [2.75, 3.05) is 7.11 Å². The van der Waals surface area contributed by atoms with E-state index in [0.29, 0.717) is 36.8 Å². The largest absolute Gasteiger partial charge is 0.497 e. The van der Waals surface area contributed by atoms with Crippen molar-refractivity contribution < 1.29 is 14.3 Å². The summed E-state index contributed by atoms with van der Waals surface area (Å²) >= 11 is 0. The van der Waals surface area contributed by atoms with Gasteiger partial charge in [-0.05, 0) is 37.0 Å². The van der Waals surface area contributed by atoms with Crippen LogP contribution in [0.5, 0.6) is 11.6 Å². The van der Waals surface area contributed by atoms with Gasteiger partial charge in [-0.1, -0.05) is 18.1 Å². The van der Waals surface area contributed by atoms with Crippen molar-refractivity contribution in [2.45, 2.75) is 32.8 Å². The first-order valence-electron chi connectivity index (χ1n) is 7.75. The molecule has 124 valence electrons. The summed E-state index contributed by atoms with van der Waals surface area (Å²) in [7, 11) is 1.64. The number of nitrogens with zero attached hydrogens (tertiary/aromatic N) is 2. The Kier molecular flexibility index (Phi) is 6.78. The van der Waals surface area contributed by atoms with Crippen molar-refractivity contribution in [3.05, 3.63) is 47.4 Å². The molecule has 0 atom stereocenters. The van der Waals surface area contributed by atoms with Crippen LogP contribution < -0.4 is 9.47 Å². The van der Waals surface area contributed by atoms with E-state index in [2.05, 4.69) is 21.8 Å². The molecule has 5 nitrogen and oxygen atoms in total. The van der Waals surface area contributed by atoms with Crippen molar-refractivity contribution in [3.8, 4) is 23.5 Å². The molecule has 0 N–H and O–H groups in total. The number of hydrogen-bond acceptors (Lipinski definition) is 5. The molecule has 0 aliphatic rings. The lowest BCUT2D eigenvalue weighted by Crippen LogP contribution is -2.00. The molecule has 0 spiro atoms. The fourth-order valence-corrected chi connectivity index (χ4v) is 1.98. The molecular weight excluding hydrogens is 304 g/mol. The molecule has 1 heterocycles. The normalized spacial score (nSPS) is 9.75. The summed E-state index contributed by atoms with van der Waals surface area (Å²) in [6, 6.07) is 9.39. The molecule has 1 aromatic carbocycles. The van der Waals surface area contributed by atoms with Crippen LogP contribution in [0.15, 0.2) is 30.3 Å². The van der Waals surface area contributed by atoms with E-state index < -0.39 is 0 Å². The molecule has 0 bridgehead atoms. The number of carbonyl (C=O) groups is 1. The van der Waals surface area contributed by atoms with Gasteiger partial charge in [0.2, 0.25) is 5.88 Å². The van der Waals surface area contributed by atoms with Gasteiger partial charge in [0.1, 0.15) is 30.2 Å². The summed E-state index contributed by atoms with van der Waals surface area (Å²) in [5, 5.41) is 0. The third kappa shape index (κ3) is 5.73. The van der Waals surface area contributed by atoms with E-state index in [1.54, 1.807) is 20.1 Å². The van der Waals surface area contributed by atoms with Crippen LogP contribution in [0, 0.1) is 18.8 Å². The average Bonchev–Trinajstić information content (AvgIpc) is 2.60. The summed E-state index contributed by atoms with van der Waals surface area (Å²) < 4.78 is 10.9. The highest BCUT2D eigenvalue weighted by Crippen LogP contribution is 2.14. The summed E-state index contributed by atoms with van der Waals surface area (Å²) in [5.74, 6) is 7.91. The minimum absolute atomic E-state index is 0.409. The van der Waals surface area contributed by atoms with E-state index in [9.17, 15) is 4.79 Å². The van der Waals surface area contributed by atoms with Gasteiger partial charge in [0.25, 0.3) is 0 Å². The van der Waals surface area contributed by atoms with Gasteiger partial charge in [-0.25, -0.2) is 4.98 Å². The number of unbranched alkanes of at least 4 members (excludes halogenated alkanes) is 2. The average molecular weight is 324 g/mol. The van der Waals surface area contributed by atoms with Gasteiger partial charge >= 0.3 is 0 Å². The fourth-order valence-electron chi connectivity index (χ4n) is 1.98. The third-order valence-electron chi connectivity index (χ3n) is 3.20. The first-order valence-corrected chi connectivity index (χ1v) is 7.75. The number of benzene rings is 1. The van der Waals surface area contributed by atoms with Crippen molar-refractivity contribution in [2.24, 2.45) is 0 Å². The van der Waals surface area contributed by atoms with Gasteiger partial charge in [0.15, 0.2) is 0 Å². The zero-order valence-corrected chi connectivity index (χ0v) is 13.9. The van der Waals surface area contributed by atoms with Gasteiger partial charge in [-0.2, -0.15) is 4.98 Å². The van der Waals surface area contributed by atoms with E-state index in [1.807, 2.05) is 24.3 Å². The predicted molar refractivity (Wildman–Crippen MR) is 90.9 cm³/mol. The fraction of sp³-hybridized carbons (Fsp3) is 0.316. The van der Waals surface area contributed by atoms with Crippen LogP contribution >= 0.6 is 0 Å². The molecule has 0 amide bonds. The number of ether oxygens (including phenoxy) is 2. The second-order valence-corrected chi connectivity index (χ2v) is 5.14. The smallest absolute Gasteiger partial charge is 0.218 e. The number of methoxy groups -OCH3 is 1. The standard InChI is InChI=1S/C19H20N2O3/c1-15-20-17(7-5-3-4-6-12-22)13-19(21-15)24-14-16-8-10-18(23-2)11-9-16/h8-13H,3-4,6,14H2,1-2H3. The number of carbonyl (C=O) groups excluding carboxylic acids is 1. The Morgan fingerprint density at radius 2 is 2.00 bits per heavy atom. The van der Waals surface area contributed by atoms with Gasteiger partial charge < -0.3 is 14.3 Å². The van der Waals surface area contributed by atoms with Crippen LogP contribution in [0.3, 0.4) is 0 Å². The molecule has 0 unspecified atom stereocenters. The number of aryl methyl sites for hydroxylation is 1. The Hall–Kier alpha value is -2.87. The Labute approximate surface area is 142 Å². The van der Waals surface area contributed by atoms with E-state index in [0.717, 1.165) is 24.0 Å². The zero-order chi connectivity index (χ0) is 17.2. The number of aromatic nitrogens is 2. The maximum Gasteiger partial charge on any atom is 0.218 e. The maximum absolute atomic E-state index is 10.3. The summed E-state index contributed by atoms with van der Waals surface area (Å²) in [6.07, 6.45) is 2.88. The van der Waals surface area contributed by atoms with Crippen LogP contribution in [-0.2, 0) is 11.4 Å². The third-order valence-corrected chi connectivity index (χ3v) is 3.20. The second kappa shape index (κ2) is 9.31. The summed E-state index contributed by atoms with van der Waals surface area (Å²) in [5.41, 5.74) is 1.65. The van der Waals surface area contributed by atoms with E-state index >= 15 is 0 Å². The van der Waals surface area contributed by atoms with Crippen LogP contribution in [0.1, 0.15) is 36.3 Å². The number of hydrogen-bond donors (Lipinski definition) is 0. The summed E-state index contributed by atoms with van der Waals surface area (Å²) in [6.45, 7) is 2.21. The predicted octanol–water partition coefficient (Wildman–Crippen LogP) is 3.09. The maximum atomic E-state index is 10.3. The number of aldehydes is 1. The van der Waals surface area contributed by atoms with Crippen LogP contribution in [-0.4, -0.2) is 23.4 Å². The van der Waals surface area contributed by atoms with Crippen molar-refractivity contribution >= 4 is 6.29 Å². The molecule has 24 heavy (non-hydrogen) atoms. The first kappa shape index (κ1) is 17.5. The van der Waals surface area contributed by atoms with Crippen LogP contribution in [0.4, 0.5) is 0 Å². The second-order valence-electron chi connectivity index (χ2n) is 5.14. The topological polar surface area (TPSA) is 61.3 Å². The highest BCUT2D eigenvalue weighted by atomic mass is 16.5. The molecule has 0 aliphatic heterocycles. The Morgan fingerprint density at radius 3 is 2.71 bits per heavy atom. The Bertz CT molecular complexity index is 731. The zero-order valence-electron chi connectivity index (χ0n) is 13.9. The molecule has 0 aliphatic carbocycles. The monoisotopic (exact) mass is 324 g/mol. The van der Waals surface area contributed by atoms with Crippen LogP contribution in [0.25, 0.3) is 0 Å². The molecule has 2 aromatic rings. The van der Waals surface area contributed by atoms with Crippen molar-refractivity contribution in [3.63, 3.8) is 0 Å². The molecule has 0 radical (unpaired) electrons. The SMILES string of the molecule is COc1ccc(COc2cc(C#CCCCC=O)nc(C)n2)cc1. The number of rotatable bonds is 7. The Morgan fingerprint density at radius 1 is 1.21 bits per heavy atom. The van der Waals surface area contributed by atoms with E-state index in [1.165, 1.54) is 0 Å².